The maximum Gasteiger partial charge on any atom is 0.187 e. The van der Waals surface area contributed by atoms with Crippen molar-refractivity contribution >= 4 is 0 Å². The number of rotatable bonds is 6. The molecular weight excluding hydrogens is 352 g/mol. The Balaban J connectivity index is 1.26. The van der Waals surface area contributed by atoms with Crippen LogP contribution in [0.2, 0.25) is 0 Å². The number of aliphatic hydroxyl groups is 1. The Hall–Kier alpha value is -2.08. The van der Waals surface area contributed by atoms with Crippen LogP contribution in [0.15, 0.2) is 54.6 Å². The van der Waals surface area contributed by atoms with Gasteiger partial charge in [-0.15, -0.1) is 0 Å². The van der Waals surface area contributed by atoms with Gasteiger partial charge in [0.05, 0.1) is 6.10 Å². The third-order valence-electron chi connectivity index (χ3n) is 5.87. The minimum Gasteiger partial charge on any atom is -0.484 e. The fourth-order valence-electron chi connectivity index (χ4n) is 4.17. The summed E-state index contributed by atoms with van der Waals surface area (Å²) in [5.41, 5.74) is 1.22. The molecule has 150 valence electrons. The fraction of sp³-hybridized carbons (Fsp3) is 0.478. The zero-order valence-corrected chi connectivity index (χ0v) is 16.5. The van der Waals surface area contributed by atoms with Gasteiger partial charge in [0, 0.05) is 32.1 Å². The maximum atomic E-state index is 10.2. The van der Waals surface area contributed by atoms with E-state index in [0.717, 1.165) is 50.6 Å². The molecule has 28 heavy (non-hydrogen) atoms. The molecule has 0 spiro atoms. The van der Waals surface area contributed by atoms with Crippen molar-refractivity contribution in [3.8, 4) is 11.5 Å². The fourth-order valence-corrected chi connectivity index (χ4v) is 4.17. The number of fused-ring (bicyclic) bond motifs is 1. The van der Waals surface area contributed by atoms with Gasteiger partial charge in [-0.25, -0.2) is 0 Å². The highest BCUT2D eigenvalue weighted by atomic mass is 16.6. The highest BCUT2D eigenvalue weighted by Crippen LogP contribution is 2.32. The largest absolute Gasteiger partial charge is 0.484 e. The smallest absolute Gasteiger partial charge is 0.187 e. The Labute approximate surface area is 167 Å². The van der Waals surface area contributed by atoms with Gasteiger partial charge in [0.2, 0.25) is 0 Å². The molecule has 3 unspecified atom stereocenters. The summed E-state index contributed by atoms with van der Waals surface area (Å²) in [6.07, 6.45) is 0.626. The molecule has 2 aromatic carbocycles. The standard InChI is InChI=1S/C23H30N2O3/c1-18(26)20(19-7-3-2-4-8-19)11-12-24-13-15-25(16-14-24)23-17-27-21-9-5-6-10-22(21)28-23/h2-10,18,20,23,26H,11-17H2,1H3. The number of nitrogens with zero attached hydrogens (tertiary/aromatic N) is 2. The van der Waals surface area contributed by atoms with Crippen molar-refractivity contribution < 1.29 is 14.6 Å². The van der Waals surface area contributed by atoms with E-state index >= 15 is 0 Å². The van der Waals surface area contributed by atoms with E-state index in [1.54, 1.807) is 0 Å². The number of aliphatic hydroxyl groups excluding tert-OH is 1. The van der Waals surface area contributed by atoms with E-state index in [1.807, 2.05) is 49.4 Å². The molecule has 2 aromatic rings. The topological polar surface area (TPSA) is 45.2 Å². The molecule has 1 saturated heterocycles. The van der Waals surface area contributed by atoms with Gasteiger partial charge in [-0.3, -0.25) is 4.90 Å². The molecule has 5 nitrogen and oxygen atoms in total. The van der Waals surface area contributed by atoms with Crippen molar-refractivity contribution in [2.45, 2.75) is 31.6 Å². The summed E-state index contributed by atoms with van der Waals surface area (Å²) in [5.74, 6) is 1.86. The van der Waals surface area contributed by atoms with Crippen LogP contribution >= 0.6 is 0 Å². The van der Waals surface area contributed by atoms with Crippen LogP contribution < -0.4 is 9.47 Å². The first kappa shape index (κ1) is 19.2. The van der Waals surface area contributed by atoms with Crippen molar-refractivity contribution in [3.63, 3.8) is 0 Å². The second kappa shape index (κ2) is 8.95. The van der Waals surface area contributed by atoms with E-state index in [0.29, 0.717) is 6.61 Å². The van der Waals surface area contributed by atoms with Gasteiger partial charge in [0.15, 0.2) is 17.7 Å². The summed E-state index contributed by atoms with van der Waals surface area (Å²) in [6, 6.07) is 18.2. The first-order valence-electron chi connectivity index (χ1n) is 10.3. The third-order valence-corrected chi connectivity index (χ3v) is 5.87. The molecule has 2 heterocycles. The monoisotopic (exact) mass is 382 g/mol. The molecule has 1 fully saturated rings. The number of ether oxygens (including phenoxy) is 2. The van der Waals surface area contributed by atoms with Crippen LogP contribution in [-0.4, -0.2) is 66.6 Å². The summed E-state index contributed by atoms with van der Waals surface area (Å²) in [4.78, 5) is 4.86. The highest BCUT2D eigenvalue weighted by molar-refractivity contribution is 5.40. The van der Waals surface area contributed by atoms with Crippen molar-refractivity contribution in [1.82, 2.24) is 9.80 Å². The second-order valence-electron chi connectivity index (χ2n) is 7.75. The van der Waals surface area contributed by atoms with E-state index in [4.69, 9.17) is 9.47 Å². The predicted octanol–water partition coefficient (Wildman–Crippen LogP) is 2.96. The number of piperazine rings is 1. The predicted molar refractivity (Wildman–Crippen MR) is 110 cm³/mol. The Bertz CT molecular complexity index is 745. The van der Waals surface area contributed by atoms with E-state index in [2.05, 4.69) is 21.9 Å². The minimum absolute atomic E-state index is 0.00780. The molecule has 0 aliphatic carbocycles. The lowest BCUT2D eigenvalue weighted by Gasteiger charge is -2.40. The Morgan fingerprint density at radius 2 is 1.64 bits per heavy atom. The number of benzene rings is 2. The number of hydrogen-bond acceptors (Lipinski definition) is 5. The second-order valence-corrected chi connectivity index (χ2v) is 7.75. The van der Waals surface area contributed by atoms with Gasteiger partial charge >= 0.3 is 0 Å². The van der Waals surface area contributed by atoms with Gasteiger partial charge < -0.3 is 19.5 Å². The van der Waals surface area contributed by atoms with Crippen molar-refractivity contribution in [3.05, 3.63) is 60.2 Å². The molecular formula is C23H30N2O3. The zero-order valence-electron chi connectivity index (χ0n) is 16.5. The van der Waals surface area contributed by atoms with Gasteiger partial charge in [-0.05, 0) is 37.6 Å². The first-order chi connectivity index (χ1) is 13.7. The van der Waals surface area contributed by atoms with E-state index < -0.39 is 0 Å². The lowest BCUT2D eigenvalue weighted by atomic mass is 9.91. The molecule has 5 heteroatoms. The van der Waals surface area contributed by atoms with Gasteiger partial charge in [-0.2, -0.15) is 0 Å². The summed E-state index contributed by atoms with van der Waals surface area (Å²) < 4.78 is 12.0. The average Bonchev–Trinajstić information content (AvgIpc) is 2.74. The van der Waals surface area contributed by atoms with Crippen LogP contribution in [0.3, 0.4) is 0 Å². The zero-order chi connectivity index (χ0) is 19.3. The van der Waals surface area contributed by atoms with E-state index in [9.17, 15) is 5.11 Å². The lowest BCUT2D eigenvalue weighted by Crippen LogP contribution is -2.54. The van der Waals surface area contributed by atoms with Crippen LogP contribution in [-0.2, 0) is 0 Å². The highest BCUT2D eigenvalue weighted by Gasteiger charge is 2.29. The molecule has 1 N–H and O–H groups in total. The Morgan fingerprint density at radius 3 is 2.36 bits per heavy atom. The molecule has 0 saturated carbocycles. The third kappa shape index (κ3) is 4.49. The number of hydrogen-bond donors (Lipinski definition) is 1. The SMILES string of the molecule is CC(O)C(CCN1CCN(C2COc3ccccc3O2)CC1)c1ccccc1. The van der Waals surface area contributed by atoms with Crippen LogP contribution in [0.5, 0.6) is 11.5 Å². The van der Waals surface area contributed by atoms with Gasteiger partial charge in [-0.1, -0.05) is 42.5 Å². The van der Waals surface area contributed by atoms with Crippen molar-refractivity contribution in [2.24, 2.45) is 0 Å². The average molecular weight is 383 g/mol. The van der Waals surface area contributed by atoms with Gasteiger partial charge in [0.1, 0.15) is 6.61 Å². The molecule has 0 amide bonds. The summed E-state index contributed by atoms with van der Waals surface area (Å²) in [5, 5.41) is 10.2. The molecule has 0 aromatic heterocycles. The molecule has 0 bridgehead atoms. The maximum absolute atomic E-state index is 10.2. The summed E-state index contributed by atoms with van der Waals surface area (Å²) >= 11 is 0. The van der Waals surface area contributed by atoms with E-state index in [1.165, 1.54) is 5.56 Å². The summed E-state index contributed by atoms with van der Waals surface area (Å²) in [7, 11) is 0. The Kier molecular flexibility index (Phi) is 6.15. The lowest BCUT2D eigenvalue weighted by molar-refractivity contribution is -0.0497. The van der Waals surface area contributed by atoms with Crippen molar-refractivity contribution in [1.29, 1.82) is 0 Å². The summed E-state index contributed by atoms with van der Waals surface area (Å²) in [6.45, 7) is 7.46. The van der Waals surface area contributed by atoms with Crippen LogP contribution in [0.4, 0.5) is 0 Å². The normalized spacial score (nSPS) is 22.6. The molecule has 4 rings (SSSR count). The molecule has 3 atom stereocenters. The molecule has 2 aliphatic rings. The quantitative estimate of drug-likeness (QED) is 0.832. The number of para-hydroxylation sites is 2. The van der Waals surface area contributed by atoms with Crippen molar-refractivity contribution in [2.75, 3.05) is 39.3 Å². The van der Waals surface area contributed by atoms with Gasteiger partial charge in [0.25, 0.3) is 0 Å². The minimum atomic E-state index is -0.337. The van der Waals surface area contributed by atoms with E-state index in [-0.39, 0.29) is 18.2 Å². The van der Waals surface area contributed by atoms with Crippen LogP contribution in [0.1, 0.15) is 24.8 Å². The molecule has 0 radical (unpaired) electrons. The Morgan fingerprint density at radius 1 is 0.964 bits per heavy atom. The van der Waals surface area contributed by atoms with Crippen LogP contribution in [0, 0.1) is 0 Å². The first-order valence-corrected chi connectivity index (χ1v) is 10.3. The molecule has 2 aliphatic heterocycles. The van der Waals surface area contributed by atoms with Crippen LogP contribution in [0.25, 0.3) is 0 Å².